The molecule has 0 aromatic heterocycles. The third-order valence-corrected chi connectivity index (χ3v) is 10.3. The van der Waals surface area contributed by atoms with E-state index in [1.54, 1.807) is 0 Å². The number of carbonyl (C=O) groups excluding carboxylic acids is 2. The molecule has 2 aromatic rings. The van der Waals surface area contributed by atoms with Crippen molar-refractivity contribution in [3.05, 3.63) is 71.8 Å². The number of methoxy groups -OCH3 is 2. The molecule has 4 rings (SSSR count). The highest BCUT2D eigenvalue weighted by atomic mass is 127. The highest BCUT2D eigenvalue weighted by molar-refractivity contribution is 14.3. The number of ether oxygens (including phenoxy) is 4. The smallest absolute Gasteiger partial charge is 0.334 e. The van der Waals surface area contributed by atoms with Crippen LogP contribution in [0.4, 0.5) is 0 Å². The van der Waals surface area contributed by atoms with Crippen LogP contribution in [0.2, 0.25) is 0 Å². The number of aliphatic hydroxyl groups excluding tert-OH is 3. The normalized spacial score (nSPS) is 16.5. The summed E-state index contributed by atoms with van der Waals surface area (Å²) in [6, 6.07) is 17.7. The third kappa shape index (κ3) is 29.7. The molecule has 2 heterocycles. The van der Waals surface area contributed by atoms with Gasteiger partial charge in [0.05, 0.1) is 35.5 Å². The van der Waals surface area contributed by atoms with Gasteiger partial charge in [0.25, 0.3) is 0 Å². The van der Waals surface area contributed by atoms with Crippen LogP contribution in [-0.4, -0.2) is 105 Å². The van der Waals surface area contributed by atoms with Gasteiger partial charge < -0.3 is 40.0 Å². The van der Waals surface area contributed by atoms with Crippen molar-refractivity contribution in [1.82, 2.24) is 0 Å². The molecule has 4 atom stereocenters. The first-order valence-corrected chi connectivity index (χ1v) is 22.4. The second-order valence-corrected chi connectivity index (χ2v) is 27.9. The quantitative estimate of drug-likeness (QED) is 0.106. The molecule has 2 aromatic carbocycles. The molecular formula is C36H54I5N3O9. The summed E-state index contributed by atoms with van der Waals surface area (Å²) >= 11 is 12.0. The molecule has 4 unspecified atom stereocenters. The first-order chi connectivity index (χ1) is 25.0. The molecule has 0 radical (unpaired) electrons. The molecule has 53 heavy (non-hydrogen) atoms. The monoisotopic (exact) mass is 1310 g/mol. The number of alkyl halides is 5. The van der Waals surface area contributed by atoms with Crippen LogP contribution < -0.4 is 5.73 Å². The Morgan fingerprint density at radius 2 is 1.34 bits per heavy atom. The Bertz CT molecular complexity index is 1290. The molecule has 0 fully saturated rings. The summed E-state index contributed by atoms with van der Waals surface area (Å²) in [5, 5.41) is 25.6. The van der Waals surface area contributed by atoms with E-state index in [0.29, 0.717) is 17.8 Å². The number of nitrogens with zero attached hydrogens (tertiary/aromatic N) is 2. The van der Waals surface area contributed by atoms with Crippen molar-refractivity contribution in [2.24, 2.45) is 15.7 Å². The fraction of sp³-hybridized carbons (Fsp3) is 0.556. The summed E-state index contributed by atoms with van der Waals surface area (Å²) in [6.07, 6.45) is 4.42. The van der Waals surface area contributed by atoms with Gasteiger partial charge >= 0.3 is 11.9 Å². The number of aliphatic imine (C=N–C) groups is 2. The van der Waals surface area contributed by atoms with Crippen LogP contribution in [0.3, 0.4) is 0 Å². The summed E-state index contributed by atoms with van der Waals surface area (Å²) in [6.45, 7) is 8.67. The number of esters is 2. The minimum absolute atomic E-state index is 0.0519. The van der Waals surface area contributed by atoms with Crippen molar-refractivity contribution in [1.29, 1.82) is 0 Å². The van der Waals surface area contributed by atoms with E-state index < -0.39 is 18.1 Å². The van der Waals surface area contributed by atoms with Gasteiger partial charge in [-0.25, -0.2) is 14.8 Å². The van der Waals surface area contributed by atoms with Gasteiger partial charge in [0, 0.05) is 11.1 Å². The predicted molar refractivity (Wildman–Crippen MR) is 255 cm³/mol. The van der Waals surface area contributed by atoms with E-state index in [4.69, 9.17) is 30.5 Å². The van der Waals surface area contributed by atoms with Crippen LogP contribution >= 0.6 is 113 Å². The molecule has 17 heteroatoms. The Morgan fingerprint density at radius 3 is 1.62 bits per heavy atom. The maximum Gasteiger partial charge on any atom is 0.334 e. The fourth-order valence-electron chi connectivity index (χ4n) is 3.26. The Kier molecular flexibility index (Phi) is 35.1. The molecule has 2 aliphatic heterocycles. The number of hydrogen-bond donors (Lipinski definition) is 4. The van der Waals surface area contributed by atoms with E-state index in [-0.39, 0.29) is 37.9 Å². The Labute approximate surface area is 383 Å². The van der Waals surface area contributed by atoms with Crippen LogP contribution in [0.1, 0.15) is 64.5 Å². The van der Waals surface area contributed by atoms with E-state index in [0.717, 1.165) is 25.9 Å². The van der Waals surface area contributed by atoms with Gasteiger partial charge in [0.1, 0.15) is 24.7 Å². The minimum Gasteiger partial charge on any atom is -0.475 e. The number of nitrogens with two attached hydrogens (primary N) is 1. The van der Waals surface area contributed by atoms with Gasteiger partial charge in [-0.2, -0.15) is 0 Å². The lowest BCUT2D eigenvalue weighted by atomic mass is 10.2. The SMILES string of the molecule is CCC(I)(I)I.CCC(I)I.CCCC(C)O.COC(=O)C(N)CO.COC(=O)C1COC(c2ccccc2)=N1.OCC1COC(c2ccccc2)=N1. The number of rotatable bonds is 10. The molecule has 0 spiro atoms. The van der Waals surface area contributed by atoms with Crippen LogP contribution in [-0.2, 0) is 28.5 Å². The van der Waals surface area contributed by atoms with Gasteiger partial charge in [-0.3, -0.25) is 4.79 Å². The van der Waals surface area contributed by atoms with Crippen molar-refractivity contribution in [3.63, 3.8) is 0 Å². The van der Waals surface area contributed by atoms with Gasteiger partial charge in [-0.1, -0.05) is 177 Å². The molecule has 12 nitrogen and oxygen atoms in total. The van der Waals surface area contributed by atoms with Crippen LogP contribution in [0.5, 0.6) is 0 Å². The molecule has 0 amide bonds. The van der Waals surface area contributed by atoms with Crippen molar-refractivity contribution < 1.29 is 43.9 Å². The van der Waals surface area contributed by atoms with Gasteiger partial charge in [0.2, 0.25) is 11.8 Å². The standard InChI is InChI=1S/C11H11NO3.C10H11NO2.C5H12O.C4H9NO3.C3H5I3.C3H6I2/c1-14-11(13)9-7-15-10(12-9)8-5-3-2-4-6-8;12-6-9-7-13-10(11-9)8-4-2-1-3-5-8;1-3-4-5(2)6;1-8-4(7)3(5)2-6;1-2-3(4,5)6;1-2-3(4)5/h2-6,9H,7H2,1H3;1-5,9,12H,6-7H2;5-6H,3-4H2,1-2H3;3,6H,2,5H2,1H3;2H2,1H3;3H,2H2,1H3. The average Bonchev–Trinajstić information content (AvgIpc) is 3.87. The molecule has 0 bridgehead atoms. The number of hydrogen-bond acceptors (Lipinski definition) is 12. The van der Waals surface area contributed by atoms with Crippen molar-refractivity contribution in [2.75, 3.05) is 40.6 Å². The summed E-state index contributed by atoms with van der Waals surface area (Å²) in [5.41, 5.74) is 6.85. The van der Waals surface area contributed by atoms with Crippen LogP contribution in [0.15, 0.2) is 70.6 Å². The van der Waals surface area contributed by atoms with Gasteiger partial charge in [0.15, 0.2) is 6.04 Å². The lowest BCUT2D eigenvalue weighted by Crippen LogP contribution is -2.34. The van der Waals surface area contributed by atoms with E-state index in [9.17, 15) is 9.59 Å². The zero-order valence-electron chi connectivity index (χ0n) is 31.0. The van der Waals surface area contributed by atoms with E-state index in [1.165, 1.54) is 27.1 Å². The maximum atomic E-state index is 11.2. The van der Waals surface area contributed by atoms with E-state index >= 15 is 0 Å². The third-order valence-electron chi connectivity index (χ3n) is 6.21. The summed E-state index contributed by atoms with van der Waals surface area (Å²) in [5.74, 6) is 0.194. The van der Waals surface area contributed by atoms with Crippen molar-refractivity contribution in [2.45, 2.75) is 79.0 Å². The largest absolute Gasteiger partial charge is 0.475 e. The Balaban J connectivity index is 0. The zero-order valence-corrected chi connectivity index (χ0v) is 41.8. The lowest BCUT2D eigenvalue weighted by Gasteiger charge is -2.04. The number of aliphatic hydroxyl groups is 3. The maximum absolute atomic E-state index is 11.2. The molecule has 0 aliphatic carbocycles. The zero-order chi connectivity index (χ0) is 40.8. The Morgan fingerprint density at radius 1 is 0.887 bits per heavy atom. The highest BCUT2D eigenvalue weighted by Gasteiger charge is 2.27. The summed E-state index contributed by atoms with van der Waals surface area (Å²) < 4.78 is 20.7. The van der Waals surface area contributed by atoms with Crippen molar-refractivity contribution >= 4 is 137 Å². The predicted octanol–water partition coefficient (Wildman–Crippen LogP) is 7.42. The summed E-state index contributed by atoms with van der Waals surface area (Å²) in [7, 11) is 2.57. The first kappa shape index (κ1) is 54.9. The average molecular weight is 1310 g/mol. The van der Waals surface area contributed by atoms with Crippen molar-refractivity contribution in [3.8, 4) is 0 Å². The second kappa shape index (κ2) is 33.9. The molecule has 0 saturated heterocycles. The summed E-state index contributed by atoms with van der Waals surface area (Å²) in [4.78, 5) is 29.8. The molecular weight excluding hydrogens is 1250 g/mol. The van der Waals surface area contributed by atoms with Gasteiger partial charge in [-0.15, -0.1) is 0 Å². The fourth-order valence-corrected chi connectivity index (χ4v) is 3.26. The Hall–Kier alpha value is -0.190. The number of benzene rings is 2. The number of carbonyl (C=O) groups is 2. The first-order valence-electron chi connectivity index (χ1n) is 16.7. The van der Waals surface area contributed by atoms with E-state index in [2.05, 4.69) is 153 Å². The molecule has 302 valence electrons. The van der Waals surface area contributed by atoms with E-state index in [1.807, 2.05) is 67.6 Å². The van der Waals surface area contributed by atoms with Crippen LogP contribution in [0, 0.1) is 0 Å². The topological polar surface area (TPSA) is 182 Å². The minimum atomic E-state index is -0.889. The molecule has 0 saturated carbocycles. The molecule has 2 aliphatic rings. The van der Waals surface area contributed by atoms with Gasteiger partial charge in [-0.05, 0) is 50.5 Å². The van der Waals surface area contributed by atoms with Crippen LogP contribution in [0.25, 0.3) is 0 Å². The highest BCUT2D eigenvalue weighted by Crippen LogP contribution is 2.38. The molecule has 5 N–H and O–H groups in total. The lowest BCUT2D eigenvalue weighted by molar-refractivity contribution is -0.143. The second-order valence-electron chi connectivity index (χ2n) is 10.8. The number of halogens is 5.